The summed E-state index contributed by atoms with van der Waals surface area (Å²) in [4.78, 5) is 7.48. The van der Waals surface area contributed by atoms with Crippen molar-refractivity contribution in [2.75, 3.05) is 4.90 Å². The Labute approximate surface area is 303 Å². The first kappa shape index (κ1) is 30.4. The van der Waals surface area contributed by atoms with Gasteiger partial charge in [-0.2, -0.15) is 0 Å². The van der Waals surface area contributed by atoms with E-state index < -0.39 is 0 Å². The summed E-state index contributed by atoms with van der Waals surface area (Å²) in [6.07, 6.45) is 15.6. The number of hydrogen-bond donors (Lipinski definition) is 0. The molecule has 0 spiro atoms. The number of nitrogens with zero attached hydrogens (tertiary/aromatic N) is 2. The molecule has 2 aromatic heterocycles. The number of benzene rings is 6. The fourth-order valence-electron chi connectivity index (χ4n) is 8.07. The topological polar surface area (TPSA) is 29.3 Å². The van der Waals surface area contributed by atoms with Gasteiger partial charge in [0.25, 0.3) is 0 Å². The van der Waals surface area contributed by atoms with Crippen LogP contribution in [0.2, 0.25) is 0 Å². The van der Waals surface area contributed by atoms with Crippen molar-refractivity contribution in [1.82, 2.24) is 4.98 Å². The number of para-hydroxylation sites is 1. The standard InChI is InChI=1S/C49H36N2O/c1-3-11-33(12-4-1)34-19-23-38(24-20-34)51(40-27-30-46-37(31-40)32-48-49(50-46)45-17-9-10-18-47(45)52-48)39-25-21-36(22-26-39)42-29-28-41(35-13-5-2-6-14-35)43-15-7-8-16-44(42)43/h1-3,5-11,13-19,21-23,25-32H,4,12,20,24H2. The number of aromatic nitrogens is 1. The second-order valence-corrected chi connectivity index (χ2v) is 13.8. The van der Waals surface area contributed by atoms with Crippen LogP contribution >= 0.6 is 0 Å². The molecule has 0 atom stereocenters. The van der Waals surface area contributed by atoms with Crippen LogP contribution in [0, 0.1) is 0 Å². The molecule has 0 aliphatic heterocycles. The molecule has 0 saturated carbocycles. The Bertz CT molecular complexity index is 2780. The number of rotatable bonds is 6. The van der Waals surface area contributed by atoms with Crippen molar-refractivity contribution >= 4 is 55.1 Å². The van der Waals surface area contributed by atoms with Crippen molar-refractivity contribution < 1.29 is 4.42 Å². The van der Waals surface area contributed by atoms with Crippen molar-refractivity contribution in [3.05, 3.63) is 187 Å². The lowest BCUT2D eigenvalue weighted by atomic mass is 9.90. The van der Waals surface area contributed by atoms with E-state index in [4.69, 9.17) is 9.40 Å². The largest absolute Gasteiger partial charge is 0.454 e. The molecule has 3 nitrogen and oxygen atoms in total. The highest BCUT2D eigenvalue weighted by Gasteiger charge is 2.21. The molecule has 248 valence electrons. The zero-order valence-electron chi connectivity index (χ0n) is 28.8. The average molecular weight is 669 g/mol. The minimum atomic E-state index is 0.812. The quantitative estimate of drug-likeness (QED) is 0.177. The van der Waals surface area contributed by atoms with E-state index in [-0.39, 0.29) is 0 Å². The van der Waals surface area contributed by atoms with E-state index in [9.17, 15) is 0 Å². The van der Waals surface area contributed by atoms with Gasteiger partial charge in [0.15, 0.2) is 5.58 Å². The summed E-state index contributed by atoms with van der Waals surface area (Å²) in [6, 6.07) is 50.0. The van der Waals surface area contributed by atoms with Crippen LogP contribution in [0.25, 0.3) is 66.0 Å². The van der Waals surface area contributed by atoms with E-state index in [1.807, 2.05) is 18.2 Å². The molecule has 3 heteroatoms. The highest BCUT2D eigenvalue weighted by Crippen LogP contribution is 2.41. The van der Waals surface area contributed by atoms with Crippen LogP contribution in [-0.2, 0) is 0 Å². The molecule has 0 unspecified atom stereocenters. The van der Waals surface area contributed by atoms with Crippen LogP contribution in [0.3, 0.4) is 0 Å². The van der Waals surface area contributed by atoms with Crippen molar-refractivity contribution in [3.8, 4) is 22.3 Å². The van der Waals surface area contributed by atoms with Crippen LogP contribution in [0.15, 0.2) is 191 Å². The predicted molar refractivity (Wildman–Crippen MR) is 218 cm³/mol. The summed E-state index contributed by atoms with van der Waals surface area (Å²) in [5, 5.41) is 4.62. The Kier molecular flexibility index (Phi) is 7.42. The van der Waals surface area contributed by atoms with Crippen LogP contribution in [0.5, 0.6) is 0 Å². The monoisotopic (exact) mass is 668 g/mol. The Morgan fingerprint density at radius 3 is 1.94 bits per heavy atom. The van der Waals surface area contributed by atoms with Crippen molar-refractivity contribution in [1.29, 1.82) is 0 Å². The van der Waals surface area contributed by atoms with Gasteiger partial charge in [0, 0.05) is 27.8 Å². The molecular formula is C49H36N2O. The van der Waals surface area contributed by atoms with Gasteiger partial charge in [-0.05, 0) is 124 Å². The van der Waals surface area contributed by atoms with Crippen molar-refractivity contribution in [2.45, 2.75) is 25.7 Å². The second-order valence-electron chi connectivity index (χ2n) is 13.8. The summed E-state index contributed by atoms with van der Waals surface area (Å²) < 4.78 is 6.24. The number of anilines is 2. The molecule has 2 aliphatic rings. The first-order valence-corrected chi connectivity index (χ1v) is 18.2. The summed E-state index contributed by atoms with van der Waals surface area (Å²) in [5.74, 6) is 0. The Morgan fingerprint density at radius 2 is 1.21 bits per heavy atom. The van der Waals surface area contributed by atoms with Gasteiger partial charge < -0.3 is 9.32 Å². The molecule has 0 amide bonds. The van der Waals surface area contributed by atoms with Crippen LogP contribution < -0.4 is 4.90 Å². The molecule has 0 bridgehead atoms. The highest BCUT2D eigenvalue weighted by molar-refractivity contribution is 6.07. The molecule has 52 heavy (non-hydrogen) atoms. The Morgan fingerprint density at radius 1 is 0.519 bits per heavy atom. The molecule has 10 rings (SSSR count). The molecule has 2 aliphatic carbocycles. The summed E-state index contributed by atoms with van der Waals surface area (Å²) in [6.45, 7) is 0. The smallest absolute Gasteiger partial charge is 0.154 e. The van der Waals surface area contributed by atoms with Gasteiger partial charge in [0.1, 0.15) is 11.1 Å². The number of furan rings is 1. The van der Waals surface area contributed by atoms with Gasteiger partial charge in [0.05, 0.1) is 5.52 Å². The fourth-order valence-corrected chi connectivity index (χ4v) is 8.07. The van der Waals surface area contributed by atoms with E-state index in [2.05, 4.69) is 157 Å². The van der Waals surface area contributed by atoms with E-state index in [0.717, 1.165) is 70.0 Å². The molecule has 6 aromatic carbocycles. The normalized spacial score (nSPS) is 14.5. The lowest BCUT2D eigenvalue weighted by Crippen LogP contribution is -2.18. The van der Waals surface area contributed by atoms with Gasteiger partial charge in [-0.15, -0.1) is 0 Å². The predicted octanol–water partition coefficient (Wildman–Crippen LogP) is 13.6. The highest BCUT2D eigenvalue weighted by atomic mass is 16.3. The summed E-state index contributed by atoms with van der Waals surface area (Å²) in [7, 11) is 0. The van der Waals surface area contributed by atoms with E-state index in [1.54, 1.807) is 0 Å². The van der Waals surface area contributed by atoms with Gasteiger partial charge >= 0.3 is 0 Å². The SMILES string of the molecule is C1=CCCC(C2=CC=C(N(c3ccc(-c4ccc(-c5ccccc5)c5ccccc45)cc3)c3ccc4nc5c(cc4c3)oc3ccccc35)CC2)=C1. The molecule has 0 saturated heterocycles. The lowest BCUT2D eigenvalue weighted by Gasteiger charge is -2.30. The first-order chi connectivity index (χ1) is 25.8. The molecule has 8 aromatic rings. The first-order valence-electron chi connectivity index (χ1n) is 18.2. The average Bonchev–Trinajstić information content (AvgIpc) is 3.58. The third-order valence-corrected chi connectivity index (χ3v) is 10.7. The Balaban J connectivity index is 1.07. The molecule has 2 heterocycles. The third kappa shape index (κ3) is 5.34. The fraction of sp³-hybridized carbons (Fsp3) is 0.0816. The molecule has 0 radical (unpaired) electrons. The number of pyridine rings is 1. The maximum atomic E-state index is 6.24. The second kappa shape index (κ2) is 12.7. The minimum Gasteiger partial charge on any atom is -0.454 e. The van der Waals surface area contributed by atoms with E-state index in [1.165, 1.54) is 49.9 Å². The van der Waals surface area contributed by atoms with Gasteiger partial charge in [-0.3, -0.25) is 0 Å². The number of hydrogen-bond acceptors (Lipinski definition) is 3. The third-order valence-electron chi connectivity index (χ3n) is 10.7. The van der Waals surface area contributed by atoms with Crippen molar-refractivity contribution in [2.24, 2.45) is 0 Å². The zero-order valence-corrected chi connectivity index (χ0v) is 28.8. The number of allylic oxidation sites excluding steroid dienone is 8. The minimum absolute atomic E-state index is 0.812. The summed E-state index contributed by atoms with van der Waals surface area (Å²) >= 11 is 0. The molecule has 0 N–H and O–H groups in total. The Hall–Kier alpha value is -6.45. The summed E-state index contributed by atoms with van der Waals surface area (Å²) in [5.41, 5.74) is 14.9. The van der Waals surface area contributed by atoms with Crippen molar-refractivity contribution in [3.63, 3.8) is 0 Å². The van der Waals surface area contributed by atoms with Crippen LogP contribution in [0.4, 0.5) is 11.4 Å². The van der Waals surface area contributed by atoms with E-state index in [0.29, 0.717) is 0 Å². The maximum absolute atomic E-state index is 6.24. The molecular weight excluding hydrogens is 633 g/mol. The van der Waals surface area contributed by atoms with E-state index >= 15 is 0 Å². The lowest BCUT2D eigenvalue weighted by molar-refractivity contribution is 0.669. The zero-order chi connectivity index (χ0) is 34.4. The van der Waals surface area contributed by atoms with Gasteiger partial charge in [0.2, 0.25) is 0 Å². The maximum Gasteiger partial charge on any atom is 0.154 e. The number of fused-ring (bicyclic) bond motifs is 5. The van der Waals surface area contributed by atoms with Crippen LogP contribution in [-0.4, -0.2) is 4.98 Å². The van der Waals surface area contributed by atoms with Crippen LogP contribution in [0.1, 0.15) is 25.7 Å². The van der Waals surface area contributed by atoms with Gasteiger partial charge in [-0.1, -0.05) is 115 Å². The van der Waals surface area contributed by atoms with Gasteiger partial charge in [-0.25, -0.2) is 4.98 Å². The molecule has 0 fully saturated rings.